The van der Waals surface area contributed by atoms with Crippen molar-refractivity contribution in [1.29, 1.82) is 0 Å². The number of thioether (sulfide) groups is 1. The lowest BCUT2D eigenvalue weighted by molar-refractivity contribution is -0.127. The Morgan fingerprint density at radius 1 is 1.41 bits per heavy atom. The number of rotatable bonds is 4. The van der Waals surface area contributed by atoms with Crippen LogP contribution in [0, 0.1) is 0 Å². The number of carbonyl (C=O) groups is 1. The molecule has 0 spiro atoms. The lowest BCUT2D eigenvalue weighted by Gasteiger charge is -2.15. The predicted octanol–water partition coefficient (Wildman–Crippen LogP) is 3.43. The van der Waals surface area contributed by atoms with Crippen molar-refractivity contribution in [2.24, 2.45) is 0 Å². The van der Waals surface area contributed by atoms with Gasteiger partial charge in [0.05, 0.1) is 0 Å². The maximum absolute atomic E-state index is 11.5. The van der Waals surface area contributed by atoms with E-state index in [1.54, 1.807) is 11.8 Å². The summed E-state index contributed by atoms with van der Waals surface area (Å²) in [4.78, 5) is 15.0. The number of alkyl halides is 1. The number of amides is 1. The van der Waals surface area contributed by atoms with Crippen molar-refractivity contribution >= 4 is 45.2 Å². The van der Waals surface area contributed by atoms with Crippen LogP contribution in [0.5, 0.6) is 0 Å². The molecule has 1 aromatic rings. The molecule has 5 heteroatoms. The summed E-state index contributed by atoms with van der Waals surface area (Å²) >= 11 is 11.0. The predicted molar refractivity (Wildman–Crippen MR) is 76.1 cm³/mol. The smallest absolute Gasteiger partial charge is 0.223 e. The first kappa shape index (κ1) is 13.2. The van der Waals surface area contributed by atoms with Crippen molar-refractivity contribution in [2.45, 2.75) is 16.1 Å². The van der Waals surface area contributed by atoms with E-state index < -0.39 is 0 Å². The van der Waals surface area contributed by atoms with Crippen LogP contribution in [0.15, 0.2) is 29.2 Å². The normalized spacial score (nSPS) is 20.0. The van der Waals surface area contributed by atoms with Gasteiger partial charge >= 0.3 is 0 Å². The molecule has 0 aliphatic carbocycles. The van der Waals surface area contributed by atoms with Crippen molar-refractivity contribution in [3.8, 4) is 0 Å². The van der Waals surface area contributed by atoms with E-state index in [0.29, 0.717) is 11.2 Å². The van der Waals surface area contributed by atoms with E-state index in [1.807, 2.05) is 29.2 Å². The molecule has 17 heavy (non-hydrogen) atoms. The van der Waals surface area contributed by atoms with Gasteiger partial charge in [0.25, 0.3) is 0 Å². The number of likely N-dealkylation sites (tertiary alicyclic amines) is 1. The van der Waals surface area contributed by atoms with Crippen LogP contribution in [-0.4, -0.2) is 34.5 Å². The monoisotopic (exact) mass is 333 g/mol. The molecule has 0 aromatic heterocycles. The van der Waals surface area contributed by atoms with Crippen molar-refractivity contribution in [1.82, 2.24) is 4.90 Å². The highest BCUT2D eigenvalue weighted by Gasteiger charge is 2.26. The second-order valence-corrected chi connectivity index (χ2v) is 6.84. The Morgan fingerprint density at radius 3 is 2.71 bits per heavy atom. The van der Waals surface area contributed by atoms with Gasteiger partial charge in [0.1, 0.15) is 0 Å². The van der Waals surface area contributed by atoms with E-state index in [9.17, 15) is 4.79 Å². The molecular formula is C12H13BrClNOS. The zero-order valence-electron chi connectivity index (χ0n) is 9.23. The number of nitrogens with zero attached hydrogens (tertiary/aromatic N) is 1. The summed E-state index contributed by atoms with van der Waals surface area (Å²) in [6.45, 7) is 1.65. The minimum Gasteiger partial charge on any atom is -0.341 e. The van der Waals surface area contributed by atoms with Gasteiger partial charge in [0.15, 0.2) is 0 Å². The molecule has 0 saturated carbocycles. The Kier molecular flexibility index (Phi) is 4.77. The van der Waals surface area contributed by atoms with Crippen LogP contribution in [0.25, 0.3) is 0 Å². The molecule has 0 bridgehead atoms. The summed E-state index contributed by atoms with van der Waals surface area (Å²) in [5, 5.41) is 0.756. The van der Waals surface area contributed by atoms with Gasteiger partial charge in [0.2, 0.25) is 5.91 Å². The number of hydrogen-bond donors (Lipinski definition) is 0. The summed E-state index contributed by atoms with van der Waals surface area (Å²) in [6, 6.07) is 7.79. The average molecular weight is 335 g/mol. The molecule has 2 rings (SSSR count). The molecule has 1 aliphatic rings. The van der Waals surface area contributed by atoms with E-state index in [1.165, 1.54) is 4.90 Å². The largest absolute Gasteiger partial charge is 0.341 e. The fourth-order valence-electron chi connectivity index (χ4n) is 1.74. The molecule has 0 N–H and O–H groups in total. The van der Waals surface area contributed by atoms with Crippen molar-refractivity contribution in [2.75, 3.05) is 18.8 Å². The maximum atomic E-state index is 11.5. The van der Waals surface area contributed by atoms with E-state index in [-0.39, 0.29) is 5.91 Å². The third-order valence-electron chi connectivity index (χ3n) is 2.61. The average Bonchev–Trinajstić information content (AvgIpc) is 2.60. The van der Waals surface area contributed by atoms with Crippen LogP contribution in [0.3, 0.4) is 0 Å². The van der Waals surface area contributed by atoms with Gasteiger partial charge < -0.3 is 4.90 Å². The number of benzene rings is 1. The van der Waals surface area contributed by atoms with Gasteiger partial charge in [-0.25, -0.2) is 0 Å². The highest BCUT2D eigenvalue weighted by molar-refractivity contribution is 9.09. The third kappa shape index (κ3) is 3.90. The summed E-state index contributed by atoms with van der Waals surface area (Å²) in [5.74, 6) is 1.18. The van der Waals surface area contributed by atoms with Gasteiger partial charge in [-0.2, -0.15) is 0 Å². The van der Waals surface area contributed by atoms with E-state index >= 15 is 0 Å². The Bertz CT molecular complexity index is 398. The van der Waals surface area contributed by atoms with Crippen LogP contribution >= 0.6 is 39.3 Å². The van der Waals surface area contributed by atoms with Crippen LogP contribution in [0.1, 0.15) is 6.42 Å². The number of halogens is 2. The van der Waals surface area contributed by atoms with Gasteiger partial charge in [0, 0.05) is 40.0 Å². The summed E-state index contributed by atoms with van der Waals surface area (Å²) in [6.07, 6.45) is 0.631. The van der Waals surface area contributed by atoms with E-state index in [0.717, 1.165) is 23.9 Å². The van der Waals surface area contributed by atoms with Gasteiger partial charge in [-0.1, -0.05) is 27.5 Å². The van der Waals surface area contributed by atoms with Gasteiger partial charge in [-0.3, -0.25) is 4.79 Å². The topological polar surface area (TPSA) is 20.3 Å². The quantitative estimate of drug-likeness (QED) is 0.621. The molecule has 1 fully saturated rings. The van der Waals surface area contributed by atoms with Crippen LogP contribution in [0.4, 0.5) is 0 Å². The molecule has 1 atom stereocenters. The summed E-state index contributed by atoms with van der Waals surface area (Å²) in [7, 11) is 0. The molecule has 1 heterocycles. The molecule has 1 aromatic carbocycles. The Labute approximate surface area is 119 Å². The third-order valence-corrected chi connectivity index (χ3v) is 4.47. The van der Waals surface area contributed by atoms with Crippen molar-refractivity contribution < 1.29 is 4.79 Å². The Morgan fingerprint density at radius 2 is 2.12 bits per heavy atom. The van der Waals surface area contributed by atoms with Crippen LogP contribution in [0.2, 0.25) is 5.02 Å². The van der Waals surface area contributed by atoms with Crippen molar-refractivity contribution in [3.05, 3.63) is 29.3 Å². The first-order valence-electron chi connectivity index (χ1n) is 5.45. The molecular weight excluding hydrogens is 322 g/mol. The Balaban J connectivity index is 1.76. The molecule has 1 aliphatic heterocycles. The minimum absolute atomic E-state index is 0.253. The highest BCUT2D eigenvalue weighted by atomic mass is 79.9. The van der Waals surface area contributed by atoms with Crippen LogP contribution < -0.4 is 0 Å². The minimum atomic E-state index is 0.253. The highest BCUT2D eigenvalue weighted by Crippen LogP contribution is 2.22. The molecule has 1 unspecified atom stereocenters. The fourth-order valence-corrected chi connectivity index (χ4v) is 3.37. The number of hydrogen-bond acceptors (Lipinski definition) is 2. The first-order chi connectivity index (χ1) is 8.15. The zero-order chi connectivity index (χ0) is 12.3. The number of carbonyl (C=O) groups excluding carboxylic acids is 1. The van der Waals surface area contributed by atoms with Crippen LogP contribution in [-0.2, 0) is 4.79 Å². The SMILES string of the molecule is O=C1CC(Br)CN1CCSc1ccc(Cl)cc1. The molecule has 92 valence electrons. The first-order valence-corrected chi connectivity index (χ1v) is 7.73. The van der Waals surface area contributed by atoms with E-state index in [4.69, 9.17) is 11.6 Å². The molecule has 1 saturated heterocycles. The lowest BCUT2D eigenvalue weighted by atomic mass is 10.4. The fraction of sp³-hybridized carbons (Fsp3) is 0.417. The van der Waals surface area contributed by atoms with Gasteiger partial charge in [-0.05, 0) is 24.3 Å². The van der Waals surface area contributed by atoms with Gasteiger partial charge in [-0.15, -0.1) is 11.8 Å². The molecule has 1 amide bonds. The second kappa shape index (κ2) is 6.12. The standard InChI is InChI=1S/C12H13BrClNOS/c13-9-7-12(16)15(8-9)5-6-17-11-3-1-10(14)2-4-11/h1-4,9H,5-8H2. The maximum Gasteiger partial charge on any atom is 0.223 e. The second-order valence-electron chi connectivity index (χ2n) is 3.94. The molecule has 2 nitrogen and oxygen atoms in total. The zero-order valence-corrected chi connectivity index (χ0v) is 12.4. The summed E-state index contributed by atoms with van der Waals surface area (Å²) < 4.78 is 0. The lowest BCUT2D eigenvalue weighted by Crippen LogP contribution is -2.27. The summed E-state index contributed by atoms with van der Waals surface area (Å²) in [5.41, 5.74) is 0. The van der Waals surface area contributed by atoms with Crippen molar-refractivity contribution in [3.63, 3.8) is 0 Å². The Hall–Kier alpha value is -0.190. The molecule has 0 radical (unpaired) electrons. The van der Waals surface area contributed by atoms with E-state index in [2.05, 4.69) is 15.9 Å².